The van der Waals surface area contributed by atoms with Gasteiger partial charge >= 0.3 is 6.03 Å². The number of benzene rings is 1. The zero-order chi connectivity index (χ0) is 19.9. The molecule has 7 heteroatoms. The molecule has 1 aromatic heterocycles. The highest BCUT2D eigenvalue weighted by molar-refractivity contribution is 5.95. The van der Waals surface area contributed by atoms with Crippen LogP contribution in [-0.2, 0) is 4.74 Å². The Morgan fingerprint density at radius 3 is 2.61 bits per heavy atom. The van der Waals surface area contributed by atoms with Crippen molar-refractivity contribution in [3.8, 4) is 0 Å². The number of amides is 3. The molecule has 2 aromatic rings. The lowest BCUT2D eigenvalue weighted by atomic mass is 10.0. The number of carbonyl (C=O) groups is 2. The lowest BCUT2D eigenvalue weighted by Crippen LogP contribution is -2.50. The van der Waals surface area contributed by atoms with Gasteiger partial charge < -0.3 is 24.7 Å². The molecule has 3 amide bonds. The van der Waals surface area contributed by atoms with Crippen LogP contribution in [0, 0.1) is 6.92 Å². The van der Waals surface area contributed by atoms with Gasteiger partial charge in [0.15, 0.2) is 0 Å². The predicted octanol–water partition coefficient (Wildman–Crippen LogP) is 2.88. The average molecular weight is 385 g/mol. The molecular weight excluding hydrogens is 358 g/mol. The molecule has 0 spiro atoms. The molecule has 2 heterocycles. The minimum Gasteiger partial charge on any atom is -0.467 e. The molecule has 28 heavy (non-hydrogen) atoms. The maximum atomic E-state index is 12.6. The van der Waals surface area contributed by atoms with Crippen molar-refractivity contribution in [1.29, 1.82) is 0 Å². The number of piperidine rings is 1. The Labute approximate surface area is 165 Å². The van der Waals surface area contributed by atoms with Crippen molar-refractivity contribution in [3.63, 3.8) is 0 Å². The first-order valence-corrected chi connectivity index (χ1v) is 9.52. The largest absolute Gasteiger partial charge is 0.467 e. The lowest BCUT2D eigenvalue weighted by Gasteiger charge is -2.33. The molecular formula is C21H27N3O4. The second-order valence-corrected chi connectivity index (χ2v) is 7.02. The van der Waals surface area contributed by atoms with Gasteiger partial charge in [0.05, 0.1) is 12.9 Å². The fourth-order valence-electron chi connectivity index (χ4n) is 3.41. The maximum absolute atomic E-state index is 12.6. The summed E-state index contributed by atoms with van der Waals surface area (Å²) in [4.78, 5) is 26.8. The molecule has 7 nitrogen and oxygen atoms in total. The average Bonchev–Trinajstić information content (AvgIpc) is 3.23. The molecule has 0 radical (unpaired) electrons. The van der Waals surface area contributed by atoms with Gasteiger partial charge in [-0.2, -0.15) is 0 Å². The van der Waals surface area contributed by atoms with Crippen molar-refractivity contribution in [1.82, 2.24) is 15.5 Å². The number of nitrogens with one attached hydrogen (secondary N) is 2. The molecule has 0 bridgehead atoms. The summed E-state index contributed by atoms with van der Waals surface area (Å²) in [6.45, 7) is 3.43. The molecule has 1 unspecified atom stereocenters. The highest BCUT2D eigenvalue weighted by atomic mass is 16.5. The number of carbonyl (C=O) groups excluding carboxylic acids is 2. The number of hydrogen-bond donors (Lipinski definition) is 2. The van der Waals surface area contributed by atoms with E-state index in [2.05, 4.69) is 10.6 Å². The highest BCUT2D eigenvalue weighted by Crippen LogP contribution is 2.17. The fraction of sp³-hybridized carbons (Fsp3) is 0.429. The van der Waals surface area contributed by atoms with Crippen LogP contribution in [0.2, 0.25) is 0 Å². The molecule has 1 aromatic carbocycles. The van der Waals surface area contributed by atoms with E-state index in [1.54, 1.807) is 24.3 Å². The van der Waals surface area contributed by atoms with Gasteiger partial charge in [-0.15, -0.1) is 0 Å². The van der Waals surface area contributed by atoms with E-state index in [-0.39, 0.29) is 24.0 Å². The third-order valence-corrected chi connectivity index (χ3v) is 5.02. The van der Waals surface area contributed by atoms with E-state index >= 15 is 0 Å². The second-order valence-electron chi connectivity index (χ2n) is 7.02. The SMILES string of the molecule is COCC(NC(=O)N1CCC(NC(=O)c2ccccc2C)CC1)c1ccco1. The topological polar surface area (TPSA) is 83.8 Å². The van der Waals surface area contributed by atoms with Gasteiger partial charge in [0, 0.05) is 31.8 Å². The number of methoxy groups -OCH3 is 1. The highest BCUT2D eigenvalue weighted by Gasteiger charge is 2.26. The summed E-state index contributed by atoms with van der Waals surface area (Å²) in [5.41, 5.74) is 1.66. The minimum absolute atomic E-state index is 0.0565. The minimum atomic E-state index is -0.328. The summed E-state index contributed by atoms with van der Waals surface area (Å²) in [5.74, 6) is 0.606. The van der Waals surface area contributed by atoms with Crippen LogP contribution in [0.15, 0.2) is 47.1 Å². The smallest absolute Gasteiger partial charge is 0.318 e. The number of rotatable bonds is 6. The number of ether oxygens (including phenoxy) is 1. The number of furan rings is 1. The van der Waals surface area contributed by atoms with Crippen LogP contribution in [0.3, 0.4) is 0 Å². The lowest BCUT2D eigenvalue weighted by molar-refractivity contribution is 0.0915. The third-order valence-electron chi connectivity index (χ3n) is 5.02. The molecule has 0 aliphatic carbocycles. The van der Waals surface area contributed by atoms with Gasteiger partial charge in [-0.25, -0.2) is 4.79 Å². The van der Waals surface area contributed by atoms with Crippen molar-refractivity contribution < 1.29 is 18.7 Å². The maximum Gasteiger partial charge on any atom is 0.318 e. The Bertz CT molecular complexity index is 783. The summed E-state index contributed by atoms with van der Waals surface area (Å²) >= 11 is 0. The fourth-order valence-corrected chi connectivity index (χ4v) is 3.41. The second kappa shape index (κ2) is 9.41. The van der Waals surface area contributed by atoms with Gasteiger partial charge in [-0.1, -0.05) is 18.2 Å². The van der Waals surface area contributed by atoms with E-state index in [4.69, 9.17) is 9.15 Å². The summed E-state index contributed by atoms with van der Waals surface area (Å²) in [7, 11) is 1.59. The van der Waals surface area contributed by atoms with E-state index in [1.807, 2.05) is 37.3 Å². The van der Waals surface area contributed by atoms with Crippen molar-refractivity contribution in [2.45, 2.75) is 31.8 Å². The summed E-state index contributed by atoms with van der Waals surface area (Å²) in [6, 6.07) is 10.7. The van der Waals surface area contributed by atoms with Crippen molar-refractivity contribution in [2.24, 2.45) is 0 Å². The number of likely N-dealkylation sites (tertiary alicyclic amines) is 1. The van der Waals surface area contributed by atoms with Gasteiger partial charge in [-0.3, -0.25) is 4.79 Å². The summed E-state index contributed by atoms with van der Waals surface area (Å²) in [6.07, 6.45) is 3.02. The standard InChI is InChI=1S/C21H27N3O4/c1-15-6-3-4-7-17(15)20(25)22-16-9-11-24(12-10-16)21(26)23-18(14-27-2)19-8-5-13-28-19/h3-8,13,16,18H,9-12,14H2,1-2H3,(H,22,25)(H,23,26). The molecule has 0 saturated carbocycles. The Morgan fingerprint density at radius 1 is 1.21 bits per heavy atom. The monoisotopic (exact) mass is 385 g/mol. The molecule has 1 aliphatic heterocycles. The number of nitrogens with zero attached hydrogens (tertiary/aromatic N) is 1. The van der Waals surface area contributed by atoms with E-state index in [0.717, 1.165) is 18.4 Å². The number of urea groups is 1. The van der Waals surface area contributed by atoms with Crippen LogP contribution in [0.5, 0.6) is 0 Å². The van der Waals surface area contributed by atoms with Crippen LogP contribution in [0.25, 0.3) is 0 Å². The van der Waals surface area contributed by atoms with E-state index < -0.39 is 0 Å². The van der Waals surface area contributed by atoms with Crippen molar-refractivity contribution in [2.75, 3.05) is 26.8 Å². The van der Waals surface area contributed by atoms with Gasteiger partial charge in [-0.05, 0) is 43.5 Å². The molecule has 150 valence electrons. The van der Waals surface area contributed by atoms with E-state index in [0.29, 0.717) is 31.0 Å². The molecule has 1 atom stereocenters. The number of aryl methyl sites for hydroxylation is 1. The summed E-state index contributed by atoms with van der Waals surface area (Å²) in [5, 5.41) is 6.05. The zero-order valence-corrected chi connectivity index (χ0v) is 16.3. The first-order valence-electron chi connectivity index (χ1n) is 9.52. The normalized spacial score (nSPS) is 15.9. The van der Waals surface area contributed by atoms with Crippen LogP contribution < -0.4 is 10.6 Å². The quantitative estimate of drug-likeness (QED) is 0.801. The Morgan fingerprint density at radius 2 is 1.96 bits per heavy atom. The van der Waals surface area contributed by atoms with Crippen LogP contribution in [-0.4, -0.2) is 49.7 Å². The van der Waals surface area contributed by atoms with Gasteiger partial charge in [0.1, 0.15) is 11.8 Å². The van der Waals surface area contributed by atoms with E-state index in [9.17, 15) is 9.59 Å². The van der Waals surface area contributed by atoms with Crippen LogP contribution >= 0.6 is 0 Å². The Balaban J connectivity index is 1.50. The Hall–Kier alpha value is -2.80. The molecule has 1 saturated heterocycles. The van der Waals surface area contributed by atoms with Gasteiger partial charge in [0.25, 0.3) is 5.91 Å². The van der Waals surface area contributed by atoms with E-state index in [1.165, 1.54) is 0 Å². The molecule has 3 rings (SSSR count). The third kappa shape index (κ3) is 4.92. The number of hydrogen-bond acceptors (Lipinski definition) is 4. The first kappa shape index (κ1) is 19.9. The van der Waals surface area contributed by atoms with Crippen LogP contribution in [0.1, 0.15) is 40.6 Å². The van der Waals surface area contributed by atoms with Crippen molar-refractivity contribution >= 4 is 11.9 Å². The molecule has 2 N–H and O–H groups in total. The predicted molar refractivity (Wildman–Crippen MR) is 105 cm³/mol. The molecule has 1 fully saturated rings. The van der Waals surface area contributed by atoms with Crippen molar-refractivity contribution in [3.05, 3.63) is 59.5 Å². The van der Waals surface area contributed by atoms with Gasteiger partial charge in [0.2, 0.25) is 0 Å². The summed E-state index contributed by atoms with van der Waals surface area (Å²) < 4.78 is 10.6. The Kier molecular flexibility index (Phi) is 6.71. The first-order chi connectivity index (χ1) is 13.6. The van der Waals surface area contributed by atoms with Crippen LogP contribution in [0.4, 0.5) is 4.79 Å². The zero-order valence-electron chi connectivity index (χ0n) is 16.3. The molecule has 1 aliphatic rings.